The number of nitrogens with zero attached hydrogens (tertiary/aromatic N) is 1. The maximum atomic E-state index is 13.5. The molecule has 0 heterocycles. The van der Waals surface area contributed by atoms with Gasteiger partial charge in [-0.05, 0) is 42.5 Å². The van der Waals surface area contributed by atoms with E-state index in [0.29, 0.717) is 13.2 Å². The van der Waals surface area contributed by atoms with Gasteiger partial charge in [0.2, 0.25) is 5.91 Å². The van der Waals surface area contributed by atoms with Gasteiger partial charge < -0.3 is 9.64 Å². The number of hydrogen-bond donors (Lipinski definition) is 0. The number of carbonyl (C=O) groups excluding carboxylic acids is 1. The van der Waals surface area contributed by atoms with Gasteiger partial charge in [0.25, 0.3) is 0 Å². The molecule has 1 atom stereocenters. The average Bonchev–Trinajstić information content (AvgIpc) is 2.83. The first kappa shape index (κ1) is 22.8. The van der Waals surface area contributed by atoms with Gasteiger partial charge >= 0.3 is 0 Å². The Hall–Kier alpha value is -2.91. The third-order valence-corrected chi connectivity index (χ3v) is 5.56. The quantitative estimate of drug-likeness (QED) is 0.311. The van der Waals surface area contributed by atoms with Crippen LogP contribution in [0.25, 0.3) is 0 Å². The Kier molecular flexibility index (Phi) is 9.33. The maximum absolute atomic E-state index is 13.5. The van der Waals surface area contributed by atoms with Gasteiger partial charge in [0, 0.05) is 18.2 Å². The van der Waals surface area contributed by atoms with E-state index in [1.807, 2.05) is 71.6 Å². The summed E-state index contributed by atoms with van der Waals surface area (Å²) in [6, 6.07) is 30.5. The predicted molar refractivity (Wildman–Crippen MR) is 128 cm³/mol. The Labute approximate surface area is 186 Å². The van der Waals surface area contributed by atoms with Gasteiger partial charge in [-0.1, -0.05) is 92.2 Å². The number of unbranched alkanes of at least 4 members (excludes halogenated alkanes) is 1. The molecule has 31 heavy (non-hydrogen) atoms. The van der Waals surface area contributed by atoms with Crippen LogP contribution < -0.4 is 4.90 Å². The number of carbonyl (C=O) groups is 1. The Morgan fingerprint density at radius 1 is 0.806 bits per heavy atom. The minimum Gasteiger partial charge on any atom is -0.377 e. The van der Waals surface area contributed by atoms with Crippen molar-refractivity contribution >= 4 is 11.6 Å². The first-order valence-electron chi connectivity index (χ1n) is 11.3. The van der Waals surface area contributed by atoms with Crippen molar-refractivity contribution in [3.05, 3.63) is 102 Å². The van der Waals surface area contributed by atoms with Crippen molar-refractivity contribution in [3.63, 3.8) is 0 Å². The van der Waals surface area contributed by atoms with Crippen LogP contribution in [0.15, 0.2) is 91.0 Å². The third-order valence-electron chi connectivity index (χ3n) is 5.56. The van der Waals surface area contributed by atoms with E-state index in [0.717, 1.165) is 43.5 Å². The molecule has 162 valence electrons. The highest BCUT2D eigenvalue weighted by atomic mass is 16.5. The van der Waals surface area contributed by atoms with Crippen molar-refractivity contribution in [1.82, 2.24) is 0 Å². The van der Waals surface area contributed by atoms with Gasteiger partial charge in [0.05, 0.1) is 13.2 Å². The maximum Gasteiger partial charge on any atom is 0.230 e. The molecule has 0 radical (unpaired) electrons. The topological polar surface area (TPSA) is 29.5 Å². The van der Waals surface area contributed by atoms with Crippen molar-refractivity contribution in [1.29, 1.82) is 0 Å². The zero-order valence-electron chi connectivity index (χ0n) is 18.5. The first-order chi connectivity index (χ1) is 15.3. The van der Waals surface area contributed by atoms with Gasteiger partial charge in [0.1, 0.15) is 0 Å². The summed E-state index contributed by atoms with van der Waals surface area (Å²) in [5.41, 5.74) is 3.30. The number of anilines is 1. The molecule has 1 amide bonds. The van der Waals surface area contributed by atoms with Crippen LogP contribution in [-0.2, 0) is 22.7 Å². The Bertz CT molecular complexity index is 881. The molecule has 3 rings (SSSR count). The molecular weight excluding hydrogens is 382 g/mol. The Balaban J connectivity index is 1.53. The predicted octanol–water partition coefficient (Wildman–Crippen LogP) is 6.63. The number of rotatable bonds is 12. The van der Waals surface area contributed by atoms with Crippen LogP contribution in [0, 0.1) is 5.92 Å². The summed E-state index contributed by atoms with van der Waals surface area (Å²) in [6.45, 7) is 4.09. The summed E-state index contributed by atoms with van der Waals surface area (Å²) in [5, 5.41) is 0. The lowest BCUT2D eigenvalue weighted by molar-refractivity contribution is -0.122. The summed E-state index contributed by atoms with van der Waals surface area (Å²) in [6.07, 6.45) is 3.71. The molecule has 0 saturated carbocycles. The molecule has 0 spiro atoms. The number of benzene rings is 3. The molecule has 3 aromatic carbocycles. The van der Waals surface area contributed by atoms with Crippen LogP contribution in [-0.4, -0.2) is 12.5 Å². The summed E-state index contributed by atoms with van der Waals surface area (Å²) < 4.78 is 5.80. The van der Waals surface area contributed by atoms with Crippen LogP contribution in [0.2, 0.25) is 0 Å². The monoisotopic (exact) mass is 415 g/mol. The first-order valence-corrected chi connectivity index (χ1v) is 11.3. The van der Waals surface area contributed by atoms with Gasteiger partial charge in [0.15, 0.2) is 0 Å². The lowest BCUT2D eigenvalue weighted by Gasteiger charge is -2.27. The van der Waals surface area contributed by atoms with E-state index in [4.69, 9.17) is 4.74 Å². The average molecular weight is 416 g/mol. The Morgan fingerprint density at radius 3 is 2.00 bits per heavy atom. The molecule has 0 unspecified atom stereocenters. The van der Waals surface area contributed by atoms with E-state index in [-0.39, 0.29) is 11.8 Å². The number of hydrogen-bond acceptors (Lipinski definition) is 2. The summed E-state index contributed by atoms with van der Waals surface area (Å²) in [4.78, 5) is 15.4. The summed E-state index contributed by atoms with van der Waals surface area (Å²) in [5.74, 6) is 0.237. The van der Waals surface area contributed by atoms with E-state index in [1.54, 1.807) is 0 Å². The fourth-order valence-electron chi connectivity index (χ4n) is 3.75. The van der Waals surface area contributed by atoms with E-state index in [9.17, 15) is 4.79 Å². The van der Waals surface area contributed by atoms with Gasteiger partial charge in [-0.15, -0.1) is 0 Å². The molecule has 0 fully saturated rings. The highest BCUT2D eigenvalue weighted by Gasteiger charge is 2.24. The number of amides is 1. The molecule has 0 aliphatic carbocycles. The van der Waals surface area contributed by atoms with E-state index in [2.05, 4.69) is 31.2 Å². The molecule has 0 aliphatic heterocycles. The van der Waals surface area contributed by atoms with Crippen molar-refractivity contribution in [2.75, 3.05) is 11.5 Å². The molecule has 0 aliphatic rings. The smallest absolute Gasteiger partial charge is 0.230 e. The van der Waals surface area contributed by atoms with E-state index < -0.39 is 0 Å². The van der Waals surface area contributed by atoms with Gasteiger partial charge in [-0.3, -0.25) is 4.79 Å². The van der Waals surface area contributed by atoms with Crippen molar-refractivity contribution in [2.24, 2.45) is 5.92 Å². The number of para-hydroxylation sites is 1. The van der Waals surface area contributed by atoms with Crippen molar-refractivity contribution in [3.8, 4) is 0 Å². The molecule has 0 bridgehead atoms. The van der Waals surface area contributed by atoms with Crippen LogP contribution in [0.3, 0.4) is 0 Å². The van der Waals surface area contributed by atoms with E-state index in [1.165, 1.54) is 5.56 Å². The minimum absolute atomic E-state index is 0.0260. The Morgan fingerprint density at radius 2 is 1.39 bits per heavy atom. The normalized spacial score (nSPS) is 11.8. The van der Waals surface area contributed by atoms with Crippen LogP contribution in [0.5, 0.6) is 0 Å². The highest BCUT2D eigenvalue weighted by molar-refractivity contribution is 5.94. The SMILES string of the molecule is CC[C@@H](CCCCOCc1ccccc1)C(=O)N(Cc1ccccc1)c1ccccc1. The van der Waals surface area contributed by atoms with E-state index >= 15 is 0 Å². The van der Waals surface area contributed by atoms with Gasteiger partial charge in [-0.25, -0.2) is 0 Å². The molecule has 3 heteroatoms. The second-order valence-electron chi connectivity index (χ2n) is 7.88. The third kappa shape index (κ3) is 7.37. The second-order valence-corrected chi connectivity index (χ2v) is 7.88. The zero-order chi connectivity index (χ0) is 21.7. The molecule has 0 saturated heterocycles. The van der Waals surface area contributed by atoms with Gasteiger partial charge in [-0.2, -0.15) is 0 Å². The fourth-order valence-corrected chi connectivity index (χ4v) is 3.75. The molecule has 0 N–H and O–H groups in total. The zero-order valence-corrected chi connectivity index (χ0v) is 18.5. The second kappa shape index (κ2) is 12.7. The summed E-state index contributed by atoms with van der Waals surface area (Å²) >= 11 is 0. The standard InChI is InChI=1S/C28H33NO2/c1-2-26(18-12-13-21-31-23-25-16-8-4-9-17-25)28(30)29(27-19-10-5-11-20-27)22-24-14-6-3-7-15-24/h3-11,14-17,19-20,26H,2,12-13,18,21-23H2,1H3/t26-/m0/s1. The van der Waals surface area contributed by atoms with Crippen LogP contribution >= 0.6 is 0 Å². The van der Waals surface area contributed by atoms with Crippen molar-refractivity contribution < 1.29 is 9.53 Å². The molecular formula is C28H33NO2. The summed E-state index contributed by atoms with van der Waals surface area (Å²) in [7, 11) is 0. The van der Waals surface area contributed by atoms with Crippen molar-refractivity contribution in [2.45, 2.75) is 45.8 Å². The lowest BCUT2D eigenvalue weighted by atomic mass is 9.97. The largest absolute Gasteiger partial charge is 0.377 e. The lowest BCUT2D eigenvalue weighted by Crippen LogP contribution is -2.35. The molecule has 3 aromatic rings. The fraction of sp³-hybridized carbons (Fsp3) is 0.321. The molecule has 3 nitrogen and oxygen atoms in total. The minimum atomic E-state index is 0.0260. The van der Waals surface area contributed by atoms with Crippen LogP contribution in [0.1, 0.15) is 43.7 Å². The van der Waals surface area contributed by atoms with Crippen LogP contribution in [0.4, 0.5) is 5.69 Å². The number of ether oxygens (including phenoxy) is 1. The highest BCUT2D eigenvalue weighted by Crippen LogP contribution is 2.23. The molecule has 0 aromatic heterocycles.